The van der Waals surface area contributed by atoms with E-state index in [9.17, 15) is 0 Å². The number of nitrogens with one attached hydrogen (secondary N) is 1. The van der Waals surface area contributed by atoms with E-state index in [2.05, 4.69) is 5.32 Å². The molecule has 0 bridgehead atoms. The molecular formula is C14H25N. The largest absolute Gasteiger partial charge is 0.311 e. The second-order valence-corrected chi connectivity index (χ2v) is 6.40. The number of hydrogen-bond acceptors (Lipinski definition) is 1. The maximum atomic E-state index is 3.87. The summed E-state index contributed by atoms with van der Waals surface area (Å²) in [5.74, 6) is 0. The van der Waals surface area contributed by atoms with Crippen molar-refractivity contribution in [1.82, 2.24) is 5.32 Å². The fourth-order valence-electron chi connectivity index (χ4n) is 4.52. The van der Waals surface area contributed by atoms with Crippen molar-refractivity contribution in [3.63, 3.8) is 0 Å². The van der Waals surface area contributed by atoms with E-state index < -0.39 is 0 Å². The second-order valence-electron chi connectivity index (χ2n) is 6.40. The van der Waals surface area contributed by atoms with E-state index >= 15 is 0 Å². The van der Waals surface area contributed by atoms with E-state index in [0.717, 1.165) is 5.41 Å². The fraction of sp³-hybridized carbons (Fsp3) is 1.00. The highest BCUT2D eigenvalue weighted by molar-refractivity contribution is 5.04. The quantitative estimate of drug-likeness (QED) is 0.639. The van der Waals surface area contributed by atoms with Gasteiger partial charge in [0.2, 0.25) is 0 Å². The van der Waals surface area contributed by atoms with Crippen LogP contribution in [-0.4, -0.2) is 12.1 Å². The molecule has 3 aliphatic rings. The molecule has 1 unspecified atom stereocenters. The molecule has 1 nitrogen and oxygen atoms in total. The van der Waals surface area contributed by atoms with E-state index in [4.69, 9.17) is 0 Å². The van der Waals surface area contributed by atoms with Gasteiger partial charge in [0, 0.05) is 5.54 Å². The van der Waals surface area contributed by atoms with Crippen molar-refractivity contribution in [2.24, 2.45) is 5.41 Å². The van der Waals surface area contributed by atoms with Crippen LogP contribution in [0.25, 0.3) is 0 Å². The lowest BCUT2D eigenvalue weighted by molar-refractivity contribution is 0.162. The minimum absolute atomic E-state index is 0.593. The summed E-state index contributed by atoms with van der Waals surface area (Å²) in [5.41, 5.74) is 1.37. The van der Waals surface area contributed by atoms with Crippen LogP contribution in [0.15, 0.2) is 0 Å². The van der Waals surface area contributed by atoms with Gasteiger partial charge >= 0.3 is 0 Å². The van der Waals surface area contributed by atoms with Crippen molar-refractivity contribution in [3.8, 4) is 0 Å². The van der Waals surface area contributed by atoms with Crippen molar-refractivity contribution >= 4 is 0 Å². The van der Waals surface area contributed by atoms with Crippen molar-refractivity contribution in [1.29, 1.82) is 0 Å². The van der Waals surface area contributed by atoms with E-state index in [1.807, 2.05) is 0 Å². The molecule has 3 rings (SSSR count). The minimum Gasteiger partial charge on any atom is -0.311 e. The first-order valence-corrected chi connectivity index (χ1v) is 7.08. The molecule has 1 heterocycles. The van der Waals surface area contributed by atoms with Crippen LogP contribution in [0.4, 0.5) is 0 Å². The maximum Gasteiger partial charge on any atom is 0.0187 e. The van der Waals surface area contributed by atoms with Crippen molar-refractivity contribution in [3.05, 3.63) is 0 Å². The molecule has 86 valence electrons. The summed E-state index contributed by atoms with van der Waals surface area (Å²) in [4.78, 5) is 0. The normalized spacial score (nSPS) is 40.0. The van der Waals surface area contributed by atoms with E-state index in [1.165, 1.54) is 77.2 Å². The van der Waals surface area contributed by atoms with Crippen LogP contribution in [0.3, 0.4) is 0 Å². The number of rotatable bonds is 0. The van der Waals surface area contributed by atoms with E-state index in [1.54, 1.807) is 0 Å². The fourth-order valence-corrected chi connectivity index (χ4v) is 4.52. The van der Waals surface area contributed by atoms with Gasteiger partial charge in [-0.25, -0.2) is 0 Å². The lowest BCUT2D eigenvalue weighted by Gasteiger charge is -2.39. The Labute approximate surface area is 94.0 Å². The van der Waals surface area contributed by atoms with Gasteiger partial charge in [0.05, 0.1) is 0 Å². The van der Waals surface area contributed by atoms with Crippen molar-refractivity contribution in [2.45, 2.75) is 76.2 Å². The average molecular weight is 207 g/mol. The zero-order valence-corrected chi connectivity index (χ0v) is 9.99. The molecule has 0 aromatic rings. The first-order valence-electron chi connectivity index (χ1n) is 7.08. The highest BCUT2D eigenvalue weighted by atomic mass is 15.0. The highest BCUT2D eigenvalue weighted by Gasteiger charge is 2.48. The van der Waals surface area contributed by atoms with Crippen LogP contribution in [0.1, 0.15) is 70.6 Å². The highest BCUT2D eigenvalue weighted by Crippen LogP contribution is 2.54. The number of piperidine rings is 1. The van der Waals surface area contributed by atoms with Crippen LogP contribution in [-0.2, 0) is 0 Å². The first-order chi connectivity index (χ1) is 7.33. The summed E-state index contributed by atoms with van der Waals surface area (Å²) in [6, 6.07) is 0. The Morgan fingerprint density at radius 2 is 1.47 bits per heavy atom. The third-order valence-electron chi connectivity index (χ3n) is 5.34. The first kappa shape index (κ1) is 10.1. The molecule has 0 amide bonds. The second kappa shape index (κ2) is 3.76. The lowest BCUT2D eigenvalue weighted by Crippen LogP contribution is -2.47. The predicted octanol–water partition coefficient (Wildman–Crippen LogP) is 3.63. The Kier molecular flexibility index (Phi) is 2.54. The van der Waals surface area contributed by atoms with Gasteiger partial charge in [-0.1, -0.05) is 25.7 Å². The Hall–Kier alpha value is -0.0400. The smallest absolute Gasteiger partial charge is 0.0187 e. The van der Waals surface area contributed by atoms with Crippen LogP contribution in [0.5, 0.6) is 0 Å². The third-order valence-corrected chi connectivity index (χ3v) is 5.34. The standard InChI is InChI=1S/C14H25N/c1-2-6-13(7-3-1)9-10-14(12-13)8-4-5-11-15-14/h15H,1-12H2. The van der Waals surface area contributed by atoms with Gasteiger partial charge in [-0.2, -0.15) is 0 Å². The summed E-state index contributed by atoms with van der Waals surface area (Å²) < 4.78 is 0. The van der Waals surface area contributed by atoms with Crippen molar-refractivity contribution in [2.75, 3.05) is 6.54 Å². The zero-order chi connectivity index (χ0) is 10.2. The average Bonchev–Trinajstić information content (AvgIpc) is 2.60. The summed E-state index contributed by atoms with van der Waals surface area (Å²) in [5, 5.41) is 3.87. The van der Waals surface area contributed by atoms with E-state index in [-0.39, 0.29) is 0 Å². The van der Waals surface area contributed by atoms with Gasteiger partial charge in [-0.15, -0.1) is 0 Å². The molecule has 2 aliphatic carbocycles. The Morgan fingerprint density at radius 1 is 0.667 bits per heavy atom. The van der Waals surface area contributed by atoms with Gasteiger partial charge in [-0.3, -0.25) is 0 Å². The van der Waals surface area contributed by atoms with Crippen LogP contribution >= 0.6 is 0 Å². The van der Waals surface area contributed by atoms with Crippen molar-refractivity contribution < 1.29 is 0 Å². The van der Waals surface area contributed by atoms with Crippen LogP contribution < -0.4 is 5.32 Å². The SMILES string of the molecule is C1CCC2(CC1)CCC1(CCCCN1)C2. The maximum absolute atomic E-state index is 3.87. The molecule has 1 saturated heterocycles. The molecular weight excluding hydrogens is 182 g/mol. The Morgan fingerprint density at radius 3 is 2.20 bits per heavy atom. The minimum atomic E-state index is 0.593. The molecule has 1 atom stereocenters. The Balaban J connectivity index is 1.70. The molecule has 0 aromatic carbocycles. The molecule has 2 saturated carbocycles. The van der Waals surface area contributed by atoms with Gasteiger partial charge in [0.15, 0.2) is 0 Å². The monoisotopic (exact) mass is 207 g/mol. The van der Waals surface area contributed by atoms with Crippen LogP contribution in [0.2, 0.25) is 0 Å². The van der Waals surface area contributed by atoms with E-state index in [0.29, 0.717) is 5.54 Å². The molecule has 1 heteroatoms. The van der Waals surface area contributed by atoms with Gasteiger partial charge in [0.1, 0.15) is 0 Å². The summed E-state index contributed by atoms with van der Waals surface area (Å²) in [7, 11) is 0. The molecule has 0 radical (unpaired) electrons. The molecule has 0 aromatic heterocycles. The topological polar surface area (TPSA) is 12.0 Å². The van der Waals surface area contributed by atoms with Crippen LogP contribution in [0, 0.1) is 5.41 Å². The van der Waals surface area contributed by atoms with Gasteiger partial charge in [-0.05, 0) is 56.9 Å². The summed E-state index contributed by atoms with van der Waals surface area (Å²) in [6.45, 7) is 1.29. The molecule has 3 fully saturated rings. The van der Waals surface area contributed by atoms with Gasteiger partial charge < -0.3 is 5.32 Å². The number of hydrogen-bond donors (Lipinski definition) is 1. The predicted molar refractivity (Wildman–Crippen MR) is 64.0 cm³/mol. The Bertz CT molecular complexity index is 197. The summed E-state index contributed by atoms with van der Waals surface area (Å²) >= 11 is 0. The van der Waals surface area contributed by atoms with Gasteiger partial charge in [0.25, 0.3) is 0 Å². The molecule has 1 aliphatic heterocycles. The molecule has 1 N–H and O–H groups in total. The third kappa shape index (κ3) is 1.84. The molecule has 15 heavy (non-hydrogen) atoms. The molecule has 2 spiro atoms. The zero-order valence-electron chi connectivity index (χ0n) is 9.99. The lowest BCUT2D eigenvalue weighted by atomic mass is 9.71. The summed E-state index contributed by atoms with van der Waals surface area (Å²) in [6.07, 6.45) is 16.5.